The summed E-state index contributed by atoms with van der Waals surface area (Å²) < 4.78 is 16.9. The summed E-state index contributed by atoms with van der Waals surface area (Å²) in [6.45, 7) is 9.03. The molecule has 0 N–H and O–H groups in total. The number of carbonyl (C=O) groups excluding carboxylic acids is 3. The van der Waals surface area contributed by atoms with Gasteiger partial charge in [-0.05, 0) is 25.2 Å². The van der Waals surface area contributed by atoms with Crippen LogP contribution >= 0.6 is 0 Å². The lowest BCUT2D eigenvalue weighted by Gasteiger charge is -2.18. The predicted molar refractivity (Wildman–Crippen MR) is 275 cm³/mol. The minimum Gasteiger partial charge on any atom is -0.462 e. The summed E-state index contributed by atoms with van der Waals surface area (Å²) in [5.41, 5.74) is 0. The van der Waals surface area contributed by atoms with Crippen LogP contribution in [0.2, 0.25) is 0 Å². The molecule has 0 bridgehead atoms. The fourth-order valence-corrected chi connectivity index (χ4v) is 8.92. The summed E-state index contributed by atoms with van der Waals surface area (Å²) in [5, 5.41) is 0. The van der Waals surface area contributed by atoms with Crippen LogP contribution in [0.3, 0.4) is 0 Å². The van der Waals surface area contributed by atoms with Gasteiger partial charge >= 0.3 is 17.9 Å². The van der Waals surface area contributed by atoms with Gasteiger partial charge in [0.15, 0.2) is 6.10 Å². The molecule has 0 aromatic heterocycles. The Morgan fingerprint density at radius 3 is 0.766 bits per heavy atom. The van der Waals surface area contributed by atoms with E-state index in [0.717, 1.165) is 63.7 Å². The van der Waals surface area contributed by atoms with E-state index in [1.807, 2.05) is 0 Å². The number of unbranched alkanes of at least 4 members (excludes halogenated alkanes) is 40. The number of rotatable bonds is 53. The first-order chi connectivity index (χ1) is 31.4. The largest absolute Gasteiger partial charge is 0.462 e. The van der Waals surface area contributed by atoms with Crippen molar-refractivity contribution in [2.45, 2.75) is 336 Å². The van der Waals surface area contributed by atoms with Gasteiger partial charge in [-0.15, -0.1) is 0 Å². The third kappa shape index (κ3) is 51.4. The molecule has 6 nitrogen and oxygen atoms in total. The van der Waals surface area contributed by atoms with Gasteiger partial charge in [-0.3, -0.25) is 14.4 Å². The molecular weight excluding hydrogens is 793 g/mol. The molecule has 0 radical (unpaired) electrons. The van der Waals surface area contributed by atoms with Gasteiger partial charge in [0.1, 0.15) is 13.2 Å². The minimum absolute atomic E-state index is 0.0622. The molecule has 0 saturated heterocycles. The van der Waals surface area contributed by atoms with Gasteiger partial charge in [0.05, 0.1) is 0 Å². The summed E-state index contributed by atoms with van der Waals surface area (Å²) >= 11 is 0. The molecule has 380 valence electrons. The Bertz CT molecular complexity index is 964. The SMILES string of the molecule is CCCCCCCCCCCCCCCCCCCCCC(=O)OC[C@@H](COC(=O)CCCCCCCCCCCC(C)C)OC(=O)CCCCCCCCCCCCCCCCC. The van der Waals surface area contributed by atoms with E-state index in [2.05, 4.69) is 27.7 Å². The number of carbonyl (C=O) groups is 3. The molecular formula is C58H112O6. The van der Waals surface area contributed by atoms with E-state index in [1.54, 1.807) is 0 Å². The Labute approximate surface area is 399 Å². The van der Waals surface area contributed by atoms with Gasteiger partial charge in [-0.1, -0.05) is 291 Å². The lowest BCUT2D eigenvalue weighted by Crippen LogP contribution is -2.30. The molecule has 0 aromatic rings. The molecule has 0 spiro atoms. The third-order valence-corrected chi connectivity index (χ3v) is 13.3. The monoisotopic (exact) mass is 905 g/mol. The normalized spacial score (nSPS) is 12.0. The maximum atomic E-state index is 12.8. The van der Waals surface area contributed by atoms with Crippen LogP contribution in [0.25, 0.3) is 0 Å². The van der Waals surface area contributed by atoms with Crippen molar-refractivity contribution in [3.63, 3.8) is 0 Å². The fraction of sp³-hybridized carbons (Fsp3) is 0.948. The average molecular weight is 906 g/mol. The molecule has 0 aliphatic heterocycles. The molecule has 6 heteroatoms. The molecule has 64 heavy (non-hydrogen) atoms. The summed E-state index contributed by atoms with van der Waals surface area (Å²) in [4.78, 5) is 38.1. The molecule has 0 amide bonds. The van der Waals surface area contributed by atoms with E-state index < -0.39 is 6.10 Å². The number of hydrogen-bond acceptors (Lipinski definition) is 6. The van der Waals surface area contributed by atoms with E-state index in [9.17, 15) is 14.4 Å². The summed E-state index contributed by atoms with van der Waals surface area (Å²) in [6, 6.07) is 0. The van der Waals surface area contributed by atoms with Crippen LogP contribution in [0.4, 0.5) is 0 Å². The maximum Gasteiger partial charge on any atom is 0.306 e. The Balaban J connectivity index is 4.26. The van der Waals surface area contributed by atoms with Crippen LogP contribution in [0.15, 0.2) is 0 Å². The van der Waals surface area contributed by atoms with E-state index in [1.165, 1.54) is 225 Å². The zero-order valence-corrected chi connectivity index (χ0v) is 43.8. The Hall–Kier alpha value is -1.59. The van der Waals surface area contributed by atoms with Crippen molar-refractivity contribution in [3.8, 4) is 0 Å². The standard InChI is InChI=1S/C58H112O6/c1-5-7-9-11-13-15-17-19-21-22-23-24-26-27-29-33-37-41-45-49-56(59)62-52-55(53-63-57(60)50-46-42-38-35-31-32-36-40-44-48-54(3)4)64-58(61)51-47-43-39-34-30-28-25-20-18-16-14-12-10-8-6-2/h54-55H,5-53H2,1-4H3/t55-/m0/s1. The zero-order valence-electron chi connectivity index (χ0n) is 43.8. The zero-order chi connectivity index (χ0) is 46.7. The van der Waals surface area contributed by atoms with Crippen molar-refractivity contribution in [1.29, 1.82) is 0 Å². The van der Waals surface area contributed by atoms with Crippen LogP contribution in [0, 0.1) is 5.92 Å². The molecule has 0 unspecified atom stereocenters. The molecule has 0 heterocycles. The quantitative estimate of drug-likeness (QED) is 0.0344. The first-order valence-electron chi connectivity index (χ1n) is 28.9. The second-order valence-electron chi connectivity index (χ2n) is 20.4. The lowest BCUT2D eigenvalue weighted by atomic mass is 10.0. The third-order valence-electron chi connectivity index (χ3n) is 13.3. The van der Waals surface area contributed by atoms with Gasteiger partial charge in [-0.2, -0.15) is 0 Å². The van der Waals surface area contributed by atoms with Crippen LogP contribution < -0.4 is 0 Å². The maximum absolute atomic E-state index is 12.8. The highest BCUT2D eigenvalue weighted by Gasteiger charge is 2.19. The summed E-state index contributed by atoms with van der Waals surface area (Å²) in [6.07, 6.45) is 56.7. The number of hydrogen-bond donors (Lipinski definition) is 0. The molecule has 0 rings (SSSR count). The number of ether oxygens (including phenoxy) is 3. The van der Waals surface area contributed by atoms with Crippen LogP contribution in [0.1, 0.15) is 329 Å². The van der Waals surface area contributed by atoms with E-state index >= 15 is 0 Å². The number of esters is 3. The Morgan fingerprint density at radius 2 is 0.516 bits per heavy atom. The topological polar surface area (TPSA) is 78.9 Å². The van der Waals surface area contributed by atoms with E-state index in [4.69, 9.17) is 14.2 Å². The molecule has 0 aliphatic carbocycles. The van der Waals surface area contributed by atoms with Crippen molar-refractivity contribution < 1.29 is 28.6 Å². The second kappa shape index (κ2) is 52.4. The van der Waals surface area contributed by atoms with Crippen molar-refractivity contribution in [2.75, 3.05) is 13.2 Å². The predicted octanol–water partition coefficient (Wildman–Crippen LogP) is 19.0. The van der Waals surface area contributed by atoms with Crippen LogP contribution in [-0.4, -0.2) is 37.2 Å². The van der Waals surface area contributed by atoms with Crippen molar-refractivity contribution in [1.82, 2.24) is 0 Å². The van der Waals surface area contributed by atoms with Gasteiger partial charge in [0, 0.05) is 19.3 Å². The Kier molecular flexibility index (Phi) is 51.1. The highest BCUT2D eigenvalue weighted by molar-refractivity contribution is 5.71. The minimum atomic E-state index is -0.762. The van der Waals surface area contributed by atoms with Crippen LogP contribution in [0.5, 0.6) is 0 Å². The summed E-state index contributed by atoms with van der Waals surface area (Å²) in [5.74, 6) is -0.0291. The van der Waals surface area contributed by atoms with Crippen molar-refractivity contribution in [2.24, 2.45) is 5.92 Å². The highest BCUT2D eigenvalue weighted by Crippen LogP contribution is 2.18. The lowest BCUT2D eigenvalue weighted by molar-refractivity contribution is -0.167. The smallest absolute Gasteiger partial charge is 0.306 e. The van der Waals surface area contributed by atoms with Gasteiger partial charge in [0.2, 0.25) is 0 Å². The van der Waals surface area contributed by atoms with Crippen LogP contribution in [-0.2, 0) is 28.6 Å². The van der Waals surface area contributed by atoms with Crippen molar-refractivity contribution >= 4 is 17.9 Å². The van der Waals surface area contributed by atoms with Gasteiger partial charge in [0.25, 0.3) is 0 Å². The highest BCUT2D eigenvalue weighted by atomic mass is 16.6. The fourth-order valence-electron chi connectivity index (χ4n) is 8.92. The van der Waals surface area contributed by atoms with E-state index in [-0.39, 0.29) is 31.1 Å². The van der Waals surface area contributed by atoms with Gasteiger partial charge in [-0.25, -0.2) is 0 Å². The molecule has 1 atom stereocenters. The Morgan fingerprint density at radius 1 is 0.297 bits per heavy atom. The first-order valence-corrected chi connectivity index (χ1v) is 28.9. The first kappa shape index (κ1) is 62.4. The molecule has 0 fully saturated rings. The molecule has 0 aromatic carbocycles. The van der Waals surface area contributed by atoms with Crippen molar-refractivity contribution in [3.05, 3.63) is 0 Å². The summed E-state index contributed by atoms with van der Waals surface area (Å²) in [7, 11) is 0. The van der Waals surface area contributed by atoms with E-state index in [0.29, 0.717) is 19.3 Å². The van der Waals surface area contributed by atoms with Gasteiger partial charge < -0.3 is 14.2 Å². The molecule has 0 aliphatic rings. The molecule has 0 saturated carbocycles. The average Bonchev–Trinajstić information content (AvgIpc) is 3.28. The second-order valence-corrected chi connectivity index (χ2v) is 20.4.